The summed E-state index contributed by atoms with van der Waals surface area (Å²) in [5, 5.41) is 0. The molecule has 0 bridgehead atoms. The van der Waals surface area contributed by atoms with Crippen LogP contribution in [-0.2, 0) is 9.24 Å². The SMILES string of the molecule is CCN1CCC(N(C)S(=O)(=O)Cl)CC1. The fourth-order valence-electron chi connectivity index (χ4n) is 1.78. The van der Waals surface area contributed by atoms with Gasteiger partial charge >= 0.3 is 0 Å². The summed E-state index contributed by atoms with van der Waals surface area (Å²) in [4.78, 5) is 2.31. The first kappa shape index (κ1) is 12.2. The van der Waals surface area contributed by atoms with Gasteiger partial charge < -0.3 is 4.90 Å². The third-order valence-electron chi connectivity index (χ3n) is 2.86. The van der Waals surface area contributed by atoms with Crippen LogP contribution in [0.3, 0.4) is 0 Å². The maximum absolute atomic E-state index is 11.1. The molecule has 0 radical (unpaired) electrons. The zero-order valence-electron chi connectivity index (χ0n) is 8.61. The summed E-state index contributed by atoms with van der Waals surface area (Å²) in [6, 6.07) is 0.0697. The lowest BCUT2D eigenvalue weighted by atomic mass is 10.1. The Labute approximate surface area is 90.4 Å². The molecule has 1 heterocycles. The first-order valence-electron chi connectivity index (χ1n) is 4.85. The molecule has 0 aliphatic carbocycles. The van der Waals surface area contributed by atoms with Crippen LogP contribution >= 0.6 is 10.7 Å². The van der Waals surface area contributed by atoms with Gasteiger partial charge in [-0.15, -0.1) is 0 Å². The predicted molar refractivity (Wildman–Crippen MR) is 57.7 cm³/mol. The van der Waals surface area contributed by atoms with E-state index in [1.54, 1.807) is 7.05 Å². The van der Waals surface area contributed by atoms with Crippen molar-refractivity contribution in [2.45, 2.75) is 25.8 Å². The van der Waals surface area contributed by atoms with Gasteiger partial charge in [0, 0.05) is 23.8 Å². The van der Waals surface area contributed by atoms with Crippen molar-refractivity contribution in [1.29, 1.82) is 0 Å². The van der Waals surface area contributed by atoms with Gasteiger partial charge in [-0.2, -0.15) is 12.7 Å². The highest BCUT2D eigenvalue weighted by Gasteiger charge is 2.27. The van der Waals surface area contributed by atoms with E-state index in [2.05, 4.69) is 11.8 Å². The molecule has 0 aromatic carbocycles. The molecule has 1 aliphatic rings. The molecule has 6 heteroatoms. The lowest BCUT2D eigenvalue weighted by Gasteiger charge is -2.34. The standard InChI is InChI=1S/C8H17ClN2O2S/c1-3-11-6-4-8(5-7-11)10(2)14(9,12)13/h8H,3-7H2,1-2H3. The van der Waals surface area contributed by atoms with Gasteiger partial charge in [0.05, 0.1) is 0 Å². The van der Waals surface area contributed by atoms with E-state index in [-0.39, 0.29) is 6.04 Å². The van der Waals surface area contributed by atoms with Crippen molar-refractivity contribution in [3.8, 4) is 0 Å². The summed E-state index contributed by atoms with van der Waals surface area (Å²) < 4.78 is 23.4. The Morgan fingerprint density at radius 3 is 2.29 bits per heavy atom. The van der Waals surface area contributed by atoms with Crippen molar-refractivity contribution in [1.82, 2.24) is 9.21 Å². The molecule has 1 saturated heterocycles. The van der Waals surface area contributed by atoms with Crippen molar-refractivity contribution in [3.63, 3.8) is 0 Å². The van der Waals surface area contributed by atoms with Gasteiger partial charge in [0.1, 0.15) is 0 Å². The minimum atomic E-state index is -3.54. The summed E-state index contributed by atoms with van der Waals surface area (Å²) in [5.41, 5.74) is 0. The zero-order chi connectivity index (χ0) is 10.8. The molecule has 0 atom stereocenters. The Morgan fingerprint density at radius 2 is 1.93 bits per heavy atom. The first-order chi connectivity index (χ1) is 6.45. The van der Waals surface area contributed by atoms with E-state index in [0.29, 0.717) is 0 Å². The molecule has 14 heavy (non-hydrogen) atoms. The fraction of sp³-hybridized carbons (Fsp3) is 1.00. The molecular formula is C8H17ClN2O2S. The van der Waals surface area contributed by atoms with Gasteiger partial charge in [0.25, 0.3) is 9.24 Å². The Morgan fingerprint density at radius 1 is 1.43 bits per heavy atom. The average Bonchev–Trinajstić information content (AvgIpc) is 2.15. The van der Waals surface area contributed by atoms with Gasteiger partial charge in [-0.3, -0.25) is 0 Å². The van der Waals surface area contributed by atoms with Crippen LogP contribution in [0.2, 0.25) is 0 Å². The third-order valence-corrected chi connectivity index (χ3v) is 4.50. The van der Waals surface area contributed by atoms with Crippen LogP contribution < -0.4 is 0 Å². The van der Waals surface area contributed by atoms with Crippen LogP contribution in [0.1, 0.15) is 19.8 Å². The van der Waals surface area contributed by atoms with Crippen LogP contribution in [0.25, 0.3) is 0 Å². The van der Waals surface area contributed by atoms with Crippen LogP contribution in [-0.4, -0.2) is 50.3 Å². The molecule has 1 rings (SSSR count). The van der Waals surface area contributed by atoms with E-state index in [1.807, 2.05) is 0 Å². The summed E-state index contributed by atoms with van der Waals surface area (Å²) in [6.07, 6.45) is 1.74. The molecular weight excluding hydrogens is 224 g/mol. The molecule has 1 fully saturated rings. The molecule has 0 amide bonds. The highest BCUT2D eigenvalue weighted by molar-refractivity contribution is 8.11. The average molecular weight is 241 g/mol. The van der Waals surface area contributed by atoms with E-state index < -0.39 is 9.24 Å². The van der Waals surface area contributed by atoms with Crippen molar-refractivity contribution >= 4 is 19.9 Å². The summed E-state index contributed by atoms with van der Waals surface area (Å²) in [6.45, 7) is 5.06. The zero-order valence-corrected chi connectivity index (χ0v) is 10.2. The van der Waals surface area contributed by atoms with Crippen LogP contribution in [0.4, 0.5) is 0 Å². The smallest absolute Gasteiger partial charge is 0.299 e. The molecule has 0 spiro atoms. The highest BCUT2D eigenvalue weighted by atomic mass is 35.7. The number of hydrogen-bond donors (Lipinski definition) is 0. The van der Waals surface area contributed by atoms with E-state index in [0.717, 1.165) is 32.5 Å². The fourth-order valence-corrected chi connectivity index (χ4v) is 2.68. The highest BCUT2D eigenvalue weighted by Crippen LogP contribution is 2.19. The summed E-state index contributed by atoms with van der Waals surface area (Å²) >= 11 is 0. The largest absolute Gasteiger partial charge is 0.303 e. The van der Waals surface area contributed by atoms with Gasteiger partial charge in [0.15, 0.2) is 0 Å². The quantitative estimate of drug-likeness (QED) is 0.688. The Hall–Kier alpha value is 0.160. The minimum absolute atomic E-state index is 0.0697. The Balaban J connectivity index is 2.50. The van der Waals surface area contributed by atoms with E-state index in [9.17, 15) is 8.42 Å². The second-order valence-corrected chi connectivity index (χ2v) is 6.19. The monoisotopic (exact) mass is 240 g/mol. The molecule has 0 aromatic rings. The minimum Gasteiger partial charge on any atom is -0.303 e. The number of hydrogen-bond acceptors (Lipinski definition) is 3. The third kappa shape index (κ3) is 3.08. The molecule has 1 aliphatic heterocycles. The number of halogens is 1. The van der Waals surface area contributed by atoms with E-state index in [1.165, 1.54) is 4.31 Å². The normalized spacial score (nSPS) is 21.7. The molecule has 84 valence electrons. The predicted octanol–water partition coefficient (Wildman–Crippen LogP) is 0.886. The number of rotatable bonds is 3. The Bertz CT molecular complexity index is 273. The van der Waals surface area contributed by atoms with E-state index in [4.69, 9.17) is 10.7 Å². The maximum Gasteiger partial charge on any atom is 0.299 e. The van der Waals surface area contributed by atoms with Gasteiger partial charge in [-0.25, -0.2) is 0 Å². The Kier molecular flexibility index (Phi) is 4.18. The van der Waals surface area contributed by atoms with Crippen LogP contribution in [0.5, 0.6) is 0 Å². The lowest BCUT2D eigenvalue weighted by Crippen LogP contribution is -2.44. The number of piperidine rings is 1. The molecule has 4 nitrogen and oxygen atoms in total. The molecule has 0 N–H and O–H groups in total. The van der Waals surface area contributed by atoms with E-state index >= 15 is 0 Å². The summed E-state index contributed by atoms with van der Waals surface area (Å²) in [7, 11) is 3.28. The number of nitrogens with zero attached hydrogens (tertiary/aromatic N) is 2. The van der Waals surface area contributed by atoms with Crippen molar-refractivity contribution in [2.75, 3.05) is 26.7 Å². The topological polar surface area (TPSA) is 40.6 Å². The van der Waals surface area contributed by atoms with Gasteiger partial charge in [-0.05, 0) is 32.5 Å². The molecule has 0 saturated carbocycles. The van der Waals surface area contributed by atoms with Crippen molar-refractivity contribution in [2.24, 2.45) is 0 Å². The maximum atomic E-state index is 11.1. The van der Waals surface area contributed by atoms with Gasteiger partial charge in [0.2, 0.25) is 0 Å². The van der Waals surface area contributed by atoms with Crippen molar-refractivity contribution in [3.05, 3.63) is 0 Å². The van der Waals surface area contributed by atoms with Crippen molar-refractivity contribution < 1.29 is 8.42 Å². The summed E-state index contributed by atoms with van der Waals surface area (Å²) in [5.74, 6) is 0. The number of likely N-dealkylation sites (tertiary alicyclic amines) is 1. The second kappa shape index (κ2) is 4.79. The second-order valence-electron chi connectivity index (χ2n) is 3.62. The first-order valence-corrected chi connectivity index (χ1v) is 7.11. The lowest BCUT2D eigenvalue weighted by molar-refractivity contribution is 0.177. The van der Waals surface area contributed by atoms with Crippen LogP contribution in [0.15, 0.2) is 0 Å². The van der Waals surface area contributed by atoms with Gasteiger partial charge in [-0.1, -0.05) is 6.92 Å². The molecule has 0 aromatic heterocycles. The molecule has 0 unspecified atom stereocenters. The van der Waals surface area contributed by atoms with Crippen LogP contribution in [0, 0.1) is 0 Å².